The number of benzene rings is 9. The van der Waals surface area contributed by atoms with Gasteiger partial charge in [0.1, 0.15) is 27.9 Å². The van der Waals surface area contributed by atoms with Crippen molar-refractivity contribution in [3.05, 3.63) is 199 Å². The summed E-state index contributed by atoms with van der Waals surface area (Å²) in [5, 5.41) is 9.23. The van der Waals surface area contributed by atoms with Gasteiger partial charge in [0.15, 0.2) is 5.58 Å². The number of furan rings is 3. The third-order valence-corrected chi connectivity index (χ3v) is 12.3. The van der Waals surface area contributed by atoms with Gasteiger partial charge in [-0.3, -0.25) is 0 Å². The van der Waals surface area contributed by atoms with Crippen LogP contribution in [0, 0.1) is 0 Å². The summed E-state index contributed by atoms with van der Waals surface area (Å²) in [6.45, 7) is 0. The third-order valence-electron chi connectivity index (χ3n) is 12.3. The Bertz CT molecular complexity index is 3820. The molecule has 4 aromatic heterocycles. The number of rotatable bonds is 5. The molecule has 4 heteroatoms. The number of aromatic nitrogens is 1. The van der Waals surface area contributed by atoms with E-state index in [9.17, 15) is 0 Å². The van der Waals surface area contributed by atoms with Crippen molar-refractivity contribution in [2.75, 3.05) is 0 Å². The summed E-state index contributed by atoms with van der Waals surface area (Å²) in [4.78, 5) is 0. The fourth-order valence-corrected chi connectivity index (χ4v) is 9.54. The number of fused-ring (bicyclic) bond motifs is 12. The molecule has 0 unspecified atom stereocenters. The average Bonchev–Trinajstić information content (AvgIpc) is 4.05. The van der Waals surface area contributed by atoms with E-state index >= 15 is 0 Å². The van der Waals surface area contributed by atoms with Gasteiger partial charge in [-0.15, -0.1) is 0 Å². The minimum absolute atomic E-state index is 0.786. The highest BCUT2D eigenvalue weighted by molar-refractivity contribution is 6.14. The quantitative estimate of drug-likeness (QED) is 0.176. The van der Waals surface area contributed by atoms with Crippen LogP contribution in [0.5, 0.6) is 0 Å². The Kier molecular flexibility index (Phi) is 6.75. The minimum Gasteiger partial charge on any atom is -0.456 e. The zero-order valence-electron chi connectivity index (χ0n) is 31.8. The van der Waals surface area contributed by atoms with Gasteiger partial charge in [-0.2, -0.15) is 0 Å². The fourth-order valence-electron chi connectivity index (χ4n) is 9.54. The standard InChI is InChI=1S/C55H33NO3/c1-4-17-46-39(11-1)44-31-35(26-28-47(44)56(46)48-18-9-16-43-41-13-3-6-20-50(41)59-55(43)48)36-27-29-51-45(32-36)53-37(10-7-21-52(53)57-51)30-33-22-24-34(25-23-33)38-14-8-15-42-40-12-2-5-19-49(40)58-54(38)42/h1-29,31-32H,30H2. The second-order valence-corrected chi connectivity index (χ2v) is 15.6. The highest BCUT2D eigenvalue weighted by Gasteiger charge is 2.19. The van der Waals surface area contributed by atoms with Gasteiger partial charge >= 0.3 is 0 Å². The molecule has 0 fully saturated rings. The van der Waals surface area contributed by atoms with Crippen molar-refractivity contribution >= 4 is 87.6 Å². The van der Waals surface area contributed by atoms with Crippen molar-refractivity contribution in [3.8, 4) is 27.9 Å². The SMILES string of the molecule is c1ccc2c(c1)oc1c(-c3ccc(Cc4cccc5oc6ccc(-c7ccc8c(c7)c7ccccc7n8-c7cccc8c7oc7ccccc78)cc6c45)cc3)cccc12. The fraction of sp³-hybridized carbons (Fsp3) is 0.0182. The molecule has 13 rings (SSSR count). The van der Waals surface area contributed by atoms with Gasteiger partial charge in [0, 0.05) is 48.7 Å². The zero-order valence-corrected chi connectivity index (χ0v) is 31.8. The number of para-hydroxylation sites is 5. The van der Waals surface area contributed by atoms with E-state index in [4.69, 9.17) is 13.3 Å². The maximum absolute atomic E-state index is 6.53. The lowest BCUT2D eigenvalue weighted by atomic mass is 9.96. The lowest BCUT2D eigenvalue weighted by Crippen LogP contribution is -1.94. The van der Waals surface area contributed by atoms with E-state index in [2.05, 4.69) is 168 Å². The van der Waals surface area contributed by atoms with Crippen LogP contribution in [0.1, 0.15) is 11.1 Å². The lowest BCUT2D eigenvalue weighted by molar-refractivity contribution is 0.666. The summed E-state index contributed by atoms with van der Waals surface area (Å²) >= 11 is 0. The Labute approximate surface area is 337 Å². The van der Waals surface area contributed by atoms with Crippen molar-refractivity contribution in [3.63, 3.8) is 0 Å². The summed E-state index contributed by atoms with van der Waals surface area (Å²) in [5.74, 6) is 0. The molecule has 0 spiro atoms. The normalized spacial score (nSPS) is 12.1. The van der Waals surface area contributed by atoms with Gasteiger partial charge < -0.3 is 17.8 Å². The summed E-state index contributed by atoms with van der Waals surface area (Å²) in [5.41, 5.74) is 15.8. The van der Waals surface area contributed by atoms with E-state index < -0.39 is 0 Å². The average molecular weight is 756 g/mol. The highest BCUT2D eigenvalue weighted by Crippen LogP contribution is 2.41. The molecule has 0 amide bonds. The third kappa shape index (κ3) is 4.84. The van der Waals surface area contributed by atoms with Crippen LogP contribution in [-0.2, 0) is 6.42 Å². The molecule has 4 nitrogen and oxygen atoms in total. The molecule has 0 aliphatic rings. The molecule has 0 N–H and O–H groups in total. The van der Waals surface area contributed by atoms with Gasteiger partial charge in [0.05, 0.1) is 16.7 Å². The first-order chi connectivity index (χ1) is 29.2. The van der Waals surface area contributed by atoms with Crippen molar-refractivity contribution < 1.29 is 13.3 Å². The maximum atomic E-state index is 6.53. The summed E-state index contributed by atoms with van der Waals surface area (Å²) in [6.07, 6.45) is 0.786. The molecule has 0 atom stereocenters. The van der Waals surface area contributed by atoms with Crippen LogP contribution in [0.3, 0.4) is 0 Å². The van der Waals surface area contributed by atoms with Crippen LogP contribution in [0.15, 0.2) is 201 Å². The molecule has 13 aromatic rings. The van der Waals surface area contributed by atoms with E-state index in [-0.39, 0.29) is 0 Å². The highest BCUT2D eigenvalue weighted by atomic mass is 16.3. The smallest absolute Gasteiger partial charge is 0.159 e. The number of nitrogens with zero attached hydrogens (tertiary/aromatic N) is 1. The van der Waals surface area contributed by atoms with Crippen LogP contribution in [-0.4, -0.2) is 4.57 Å². The summed E-state index contributed by atoms with van der Waals surface area (Å²) < 4.78 is 21.7. The minimum atomic E-state index is 0.786. The molecule has 9 aromatic carbocycles. The molecule has 0 aliphatic carbocycles. The molecule has 0 saturated heterocycles. The van der Waals surface area contributed by atoms with Crippen molar-refractivity contribution in [1.82, 2.24) is 4.57 Å². The molecule has 0 aliphatic heterocycles. The maximum Gasteiger partial charge on any atom is 0.159 e. The van der Waals surface area contributed by atoms with E-state index in [0.29, 0.717) is 0 Å². The molecule has 276 valence electrons. The Morgan fingerprint density at radius 1 is 0.356 bits per heavy atom. The topological polar surface area (TPSA) is 44.4 Å². The molecule has 4 heterocycles. The zero-order chi connectivity index (χ0) is 38.6. The Balaban J connectivity index is 0.891. The Hall–Kier alpha value is -7.82. The van der Waals surface area contributed by atoms with Crippen molar-refractivity contribution in [1.29, 1.82) is 0 Å². The van der Waals surface area contributed by atoms with E-state index in [1.54, 1.807) is 0 Å². The molecule has 0 radical (unpaired) electrons. The Morgan fingerprint density at radius 2 is 0.932 bits per heavy atom. The first kappa shape index (κ1) is 32.3. The van der Waals surface area contributed by atoms with Crippen molar-refractivity contribution in [2.45, 2.75) is 6.42 Å². The lowest BCUT2D eigenvalue weighted by Gasteiger charge is -2.09. The second kappa shape index (κ2) is 12.3. The van der Waals surface area contributed by atoms with E-state index in [1.807, 2.05) is 24.3 Å². The summed E-state index contributed by atoms with van der Waals surface area (Å²) in [7, 11) is 0. The van der Waals surface area contributed by atoms with E-state index in [1.165, 1.54) is 21.9 Å². The first-order valence-corrected chi connectivity index (χ1v) is 20.1. The molecular weight excluding hydrogens is 723 g/mol. The monoisotopic (exact) mass is 755 g/mol. The van der Waals surface area contributed by atoms with Gasteiger partial charge in [0.25, 0.3) is 0 Å². The van der Waals surface area contributed by atoms with Crippen LogP contribution in [0.25, 0.3) is 116 Å². The van der Waals surface area contributed by atoms with Crippen LogP contribution in [0.2, 0.25) is 0 Å². The molecular formula is C55H33NO3. The number of hydrogen-bond acceptors (Lipinski definition) is 3. The predicted molar refractivity (Wildman–Crippen MR) is 243 cm³/mol. The predicted octanol–water partition coefficient (Wildman–Crippen LogP) is 15.4. The molecule has 0 bridgehead atoms. The van der Waals surface area contributed by atoms with Crippen LogP contribution in [0.4, 0.5) is 0 Å². The van der Waals surface area contributed by atoms with Gasteiger partial charge in [0.2, 0.25) is 0 Å². The van der Waals surface area contributed by atoms with Gasteiger partial charge in [-0.25, -0.2) is 0 Å². The largest absolute Gasteiger partial charge is 0.456 e. The Morgan fingerprint density at radius 3 is 1.75 bits per heavy atom. The van der Waals surface area contributed by atoms with Gasteiger partial charge in [-0.05, 0) is 88.8 Å². The molecule has 59 heavy (non-hydrogen) atoms. The van der Waals surface area contributed by atoms with Crippen LogP contribution < -0.4 is 0 Å². The van der Waals surface area contributed by atoms with Crippen molar-refractivity contribution in [2.24, 2.45) is 0 Å². The number of hydrogen-bond donors (Lipinski definition) is 0. The van der Waals surface area contributed by atoms with E-state index in [0.717, 1.165) is 111 Å². The first-order valence-electron chi connectivity index (χ1n) is 20.1. The van der Waals surface area contributed by atoms with Gasteiger partial charge in [-0.1, -0.05) is 133 Å². The van der Waals surface area contributed by atoms with Crippen LogP contribution >= 0.6 is 0 Å². The summed E-state index contributed by atoms with van der Waals surface area (Å²) in [6, 6.07) is 66.8. The molecule has 0 saturated carbocycles. The second-order valence-electron chi connectivity index (χ2n) is 15.6.